The summed E-state index contributed by atoms with van der Waals surface area (Å²) in [5.41, 5.74) is 3.14. The van der Waals surface area contributed by atoms with Gasteiger partial charge in [0.05, 0.1) is 35.5 Å². The van der Waals surface area contributed by atoms with Gasteiger partial charge in [0.1, 0.15) is 5.75 Å². The van der Waals surface area contributed by atoms with Crippen molar-refractivity contribution in [3.05, 3.63) is 81.0 Å². The van der Waals surface area contributed by atoms with E-state index in [-0.39, 0.29) is 22.9 Å². The topological polar surface area (TPSA) is 91.2 Å². The number of allylic oxidation sites excluding steroid dienone is 3. The number of hydrogen-bond donors (Lipinski definition) is 2. The molecule has 8 heteroatoms. The van der Waals surface area contributed by atoms with Crippen LogP contribution in [0, 0.1) is 16.7 Å². The summed E-state index contributed by atoms with van der Waals surface area (Å²) in [5.74, 6) is 0.0710. The average Bonchev–Trinajstić information content (AvgIpc) is 2.81. The molecule has 0 spiro atoms. The Morgan fingerprint density at radius 1 is 1.26 bits per heavy atom. The van der Waals surface area contributed by atoms with Gasteiger partial charge in [-0.05, 0) is 41.7 Å². The van der Waals surface area contributed by atoms with E-state index in [0.717, 1.165) is 11.3 Å². The zero-order chi connectivity index (χ0) is 25.2. The highest BCUT2D eigenvalue weighted by Crippen LogP contribution is 2.47. The first-order chi connectivity index (χ1) is 16.7. The molecule has 0 saturated carbocycles. The fraction of sp³-hybridized carbons (Fsp3) is 0.296. The molecule has 2 aromatic carbocycles. The molecule has 0 fully saturated rings. The summed E-state index contributed by atoms with van der Waals surface area (Å²) in [6.45, 7) is 4.12. The monoisotopic (exact) mass is 507 g/mol. The van der Waals surface area contributed by atoms with E-state index in [2.05, 4.69) is 30.6 Å². The van der Waals surface area contributed by atoms with E-state index in [1.54, 1.807) is 43.5 Å². The summed E-state index contributed by atoms with van der Waals surface area (Å²) in [5, 5.41) is 17.5. The van der Waals surface area contributed by atoms with Crippen LogP contribution in [0.25, 0.3) is 0 Å². The normalized spacial score (nSPS) is 18.9. The first kappa shape index (κ1) is 24.9. The van der Waals surface area contributed by atoms with E-state index < -0.39 is 5.92 Å². The summed E-state index contributed by atoms with van der Waals surface area (Å²) in [7, 11) is 1.57. The molecule has 6 nitrogen and oxygen atoms in total. The van der Waals surface area contributed by atoms with Gasteiger partial charge in [-0.15, -0.1) is 0 Å². The standard InChI is InChI=1S/C27H26ClN3O3S/c1-27(2)12-21-25(22(32)13-27)24(16-7-9-17(28)10-8-16)20(14-29)26(31-21)35-15-23(33)30-18-5-4-6-19(11-18)34-3/h4-11,24,31H,12-13,15H2,1-3H3,(H,30,33). The molecule has 1 aliphatic carbocycles. The number of ether oxygens (including phenoxy) is 1. The number of hydrogen-bond acceptors (Lipinski definition) is 6. The van der Waals surface area contributed by atoms with Gasteiger partial charge in [0.15, 0.2) is 5.78 Å². The highest BCUT2D eigenvalue weighted by Gasteiger charge is 2.41. The second-order valence-corrected chi connectivity index (χ2v) is 10.8. The van der Waals surface area contributed by atoms with E-state index in [9.17, 15) is 14.9 Å². The van der Waals surface area contributed by atoms with Crippen molar-refractivity contribution < 1.29 is 14.3 Å². The van der Waals surface area contributed by atoms with Gasteiger partial charge in [0.25, 0.3) is 0 Å². The number of halogens is 1. The quantitative estimate of drug-likeness (QED) is 0.514. The molecular formula is C27H26ClN3O3S. The number of anilines is 1. The predicted octanol–water partition coefficient (Wildman–Crippen LogP) is 5.79. The van der Waals surface area contributed by atoms with Crippen LogP contribution < -0.4 is 15.4 Å². The highest BCUT2D eigenvalue weighted by molar-refractivity contribution is 8.03. The SMILES string of the molecule is COc1cccc(NC(=O)CSC2=C(C#N)C(c3ccc(Cl)cc3)C3=C(CC(C)(C)CC3=O)N2)c1. The van der Waals surface area contributed by atoms with Gasteiger partial charge >= 0.3 is 0 Å². The van der Waals surface area contributed by atoms with Crippen LogP contribution >= 0.6 is 23.4 Å². The van der Waals surface area contributed by atoms with Gasteiger partial charge in [-0.3, -0.25) is 9.59 Å². The van der Waals surface area contributed by atoms with Crippen molar-refractivity contribution >= 4 is 40.7 Å². The van der Waals surface area contributed by atoms with Gasteiger partial charge in [-0.1, -0.05) is 55.4 Å². The Kier molecular flexibility index (Phi) is 7.25. The van der Waals surface area contributed by atoms with Crippen LogP contribution in [0.4, 0.5) is 5.69 Å². The molecule has 0 radical (unpaired) electrons. The Morgan fingerprint density at radius 3 is 2.69 bits per heavy atom. The van der Waals surface area contributed by atoms with Crippen molar-refractivity contribution in [2.45, 2.75) is 32.6 Å². The zero-order valence-electron chi connectivity index (χ0n) is 19.8. The second-order valence-electron chi connectivity index (χ2n) is 9.37. The van der Waals surface area contributed by atoms with Gasteiger partial charge in [-0.2, -0.15) is 5.26 Å². The van der Waals surface area contributed by atoms with Crippen LogP contribution in [-0.2, 0) is 9.59 Å². The van der Waals surface area contributed by atoms with Crippen molar-refractivity contribution in [1.29, 1.82) is 5.26 Å². The van der Waals surface area contributed by atoms with Crippen LogP contribution in [0.15, 0.2) is 70.4 Å². The third-order valence-corrected chi connectivity index (χ3v) is 7.30. The number of carbonyl (C=O) groups is 2. The van der Waals surface area contributed by atoms with E-state index >= 15 is 0 Å². The van der Waals surface area contributed by atoms with Gasteiger partial charge in [0.2, 0.25) is 5.91 Å². The van der Waals surface area contributed by atoms with E-state index in [0.29, 0.717) is 45.5 Å². The zero-order valence-corrected chi connectivity index (χ0v) is 21.3. The van der Waals surface area contributed by atoms with Crippen molar-refractivity contribution in [1.82, 2.24) is 5.32 Å². The number of rotatable bonds is 6. The minimum atomic E-state index is -0.499. The molecule has 2 aliphatic rings. The van der Waals surface area contributed by atoms with Crippen molar-refractivity contribution in [3.8, 4) is 11.8 Å². The van der Waals surface area contributed by atoms with Gasteiger partial charge in [-0.25, -0.2) is 0 Å². The predicted molar refractivity (Wildman–Crippen MR) is 139 cm³/mol. The molecule has 0 aromatic heterocycles. The number of carbonyl (C=O) groups excluding carboxylic acids is 2. The smallest absolute Gasteiger partial charge is 0.234 e. The fourth-order valence-electron chi connectivity index (χ4n) is 4.51. The molecule has 4 rings (SSSR count). The first-order valence-corrected chi connectivity index (χ1v) is 12.6. The van der Waals surface area contributed by atoms with Crippen LogP contribution in [0.3, 0.4) is 0 Å². The molecule has 1 atom stereocenters. The Balaban J connectivity index is 1.63. The molecule has 180 valence electrons. The highest BCUT2D eigenvalue weighted by atomic mass is 35.5. The number of nitriles is 1. The summed E-state index contributed by atoms with van der Waals surface area (Å²) < 4.78 is 5.21. The summed E-state index contributed by atoms with van der Waals surface area (Å²) in [4.78, 5) is 25.9. The lowest BCUT2D eigenvalue weighted by atomic mass is 9.69. The lowest BCUT2D eigenvalue weighted by Gasteiger charge is -2.39. The maximum absolute atomic E-state index is 13.2. The lowest BCUT2D eigenvalue weighted by Crippen LogP contribution is -2.37. The third kappa shape index (κ3) is 5.55. The van der Waals surface area contributed by atoms with Crippen LogP contribution in [-0.4, -0.2) is 24.6 Å². The number of thioether (sulfide) groups is 1. The number of ketones is 1. The summed E-state index contributed by atoms with van der Waals surface area (Å²) in [6.07, 6.45) is 1.10. The number of dihydropyridines is 1. The number of benzene rings is 2. The summed E-state index contributed by atoms with van der Waals surface area (Å²) in [6, 6.07) is 16.7. The maximum Gasteiger partial charge on any atom is 0.234 e. The Hall–Kier alpha value is -3.21. The number of nitrogens with one attached hydrogen (secondary N) is 2. The van der Waals surface area contributed by atoms with Crippen molar-refractivity contribution in [3.63, 3.8) is 0 Å². The Labute approximate surface area is 214 Å². The maximum atomic E-state index is 13.2. The third-order valence-electron chi connectivity index (χ3n) is 6.03. The van der Waals surface area contributed by atoms with Crippen LogP contribution in [0.5, 0.6) is 5.75 Å². The molecule has 0 bridgehead atoms. The molecular weight excluding hydrogens is 482 g/mol. The van der Waals surface area contributed by atoms with E-state index in [1.165, 1.54) is 11.8 Å². The van der Waals surface area contributed by atoms with Gasteiger partial charge < -0.3 is 15.4 Å². The number of nitrogens with zero attached hydrogens (tertiary/aromatic N) is 1. The van der Waals surface area contributed by atoms with Crippen molar-refractivity contribution in [2.24, 2.45) is 5.41 Å². The fourth-order valence-corrected chi connectivity index (χ4v) is 5.50. The molecule has 1 amide bonds. The van der Waals surface area contributed by atoms with E-state index in [1.807, 2.05) is 12.1 Å². The van der Waals surface area contributed by atoms with E-state index in [4.69, 9.17) is 16.3 Å². The first-order valence-electron chi connectivity index (χ1n) is 11.2. The van der Waals surface area contributed by atoms with Crippen LogP contribution in [0.2, 0.25) is 5.02 Å². The number of Topliss-reactive ketones (excluding diaryl/α,β-unsaturated/α-hetero) is 1. The largest absolute Gasteiger partial charge is 0.497 e. The van der Waals surface area contributed by atoms with Gasteiger partial charge in [0, 0.05) is 34.5 Å². The Bertz CT molecular complexity index is 1280. The van der Waals surface area contributed by atoms with Crippen molar-refractivity contribution in [2.75, 3.05) is 18.2 Å². The lowest BCUT2D eigenvalue weighted by molar-refractivity contribution is -0.118. The minimum absolute atomic E-state index is 0.0382. The molecule has 2 aromatic rings. The number of amides is 1. The molecule has 0 saturated heterocycles. The molecule has 1 unspecified atom stereocenters. The summed E-state index contributed by atoms with van der Waals surface area (Å²) >= 11 is 7.36. The minimum Gasteiger partial charge on any atom is -0.497 e. The average molecular weight is 508 g/mol. The Morgan fingerprint density at radius 2 is 2.00 bits per heavy atom. The molecule has 1 heterocycles. The molecule has 2 N–H and O–H groups in total. The molecule has 35 heavy (non-hydrogen) atoms. The van der Waals surface area contributed by atoms with Crippen LogP contribution in [0.1, 0.15) is 38.2 Å². The molecule has 1 aliphatic heterocycles. The number of methoxy groups -OCH3 is 1. The second kappa shape index (κ2) is 10.2.